The lowest BCUT2D eigenvalue weighted by atomic mass is 9.86. The Morgan fingerprint density at radius 1 is 1.15 bits per heavy atom. The van der Waals surface area contributed by atoms with Gasteiger partial charge in [-0.25, -0.2) is 0 Å². The number of amides is 1. The van der Waals surface area contributed by atoms with E-state index in [1.807, 2.05) is 24.3 Å². The zero-order valence-electron chi connectivity index (χ0n) is 19.6. The van der Waals surface area contributed by atoms with Crippen molar-refractivity contribution in [3.63, 3.8) is 0 Å². The van der Waals surface area contributed by atoms with E-state index >= 15 is 0 Å². The second-order valence-corrected chi connectivity index (χ2v) is 8.99. The van der Waals surface area contributed by atoms with Crippen molar-refractivity contribution in [3.05, 3.63) is 40.3 Å². The van der Waals surface area contributed by atoms with Crippen LogP contribution in [0.25, 0.3) is 11.4 Å². The maximum Gasteiger partial charge on any atom is 0.309 e. The molecule has 9 heteroatoms. The summed E-state index contributed by atoms with van der Waals surface area (Å²) in [6, 6.07) is 7.45. The van der Waals surface area contributed by atoms with Crippen molar-refractivity contribution in [1.29, 1.82) is 0 Å². The van der Waals surface area contributed by atoms with Gasteiger partial charge < -0.3 is 19.4 Å². The van der Waals surface area contributed by atoms with Crippen LogP contribution in [0.2, 0.25) is 0 Å². The Morgan fingerprint density at radius 3 is 2.62 bits per heavy atom. The van der Waals surface area contributed by atoms with Crippen LogP contribution in [0.4, 0.5) is 0 Å². The molecule has 0 spiro atoms. The molecule has 0 bridgehead atoms. The molecule has 0 atom stereocenters. The number of carbonyl (C=O) groups excluding carboxylic acids is 2. The number of aromatic nitrogens is 3. The third kappa shape index (κ3) is 6.01. The number of aromatic amines is 1. The number of H-pyrrole nitrogens is 1. The molecule has 1 aromatic carbocycles. The fourth-order valence-electron chi connectivity index (χ4n) is 4.27. The molecule has 2 aliphatic rings. The topological polar surface area (TPSA) is 114 Å². The molecule has 0 unspecified atom stereocenters. The largest absolute Gasteiger partial charge is 0.493 e. The first kappa shape index (κ1) is 23.9. The highest BCUT2D eigenvalue weighted by atomic mass is 16.5. The van der Waals surface area contributed by atoms with Crippen LogP contribution in [0.3, 0.4) is 0 Å². The van der Waals surface area contributed by atoms with E-state index in [1.54, 1.807) is 11.8 Å². The van der Waals surface area contributed by atoms with E-state index in [2.05, 4.69) is 15.2 Å². The average molecular weight is 469 g/mol. The fourth-order valence-corrected chi connectivity index (χ4v) is 4.27. The number of nitrogens with one attached hydrogen (secondary N) is 1. The first-order valence-corrected chi connectivity index (χ1v) is 12.2. The maximum absolute atomic E-state index is 12.6. The van der Waals surface area contributed by atoms with Gasteiger partial charge in [0.05, 0.1) is 19.1 Å². The number of benzene rings is 1. The third-order valence-corrected chi connectivity index (χ3v) is 6.63. The normalized spacial score (nSPS) is 16.7. The molecule has 4 rings (SSSR count). The lowest BCUT2D eigenvalue weighted by Gasteiger charge is -2.30. The molecule has 1 aliphatic heterocycles. The van der Waals surface area contributed by atoms with Gasteiger partial charge in [-0.15, -0.1) is 10.2 Å². The molecule has 182 valence electrons. The highest BCUT2D eigenvalue weighted by Crippen LogP contribution is 2.28. The summed E-state index contributed by atoms with van der Waals surface area (Å²) in [6.07, 6.45) is 5.29. The average Bonchev–Trinajstić information content (AvgIpc) is 2.82. The first-order valence-electron chi connectivity index (χ1n) is 12.2. The van der Waals surface area contributed by atoms with E-state index in [4.69, 9.17) is 9.47 Å². The van der Waals surface area contributed by atoms with Crippen LogP contribution in [0, 0.1) is 11.8 Å². The summed E-state index contributed by atoms with van der Waals surface area (Å²) in [4.78, 5) is 41.5. The molecule has 2 aromatic rings. The van der Waals surface area contributed by atoms with Gasteiger partial charge in [0, 0.05) is 31.5 Å². The van der Waals surface area contributed by atoms with E-state index in [0.29, 0.717) is 50.9 Å². The van der Waals surface area contributed by atoms with Crippen molar-refractivity contribution in [2.75, 3.05) is 26.3 Å². The van der Waals surface area contributed by atoms with E-state index in [0.717, 1.165) is 11.3 Å². The van der Waals surface area contributed by atoms with Crippen molar-refractivity contribution in [2.24, 2.45) is 11.8 Å². The summed E-state index contributed by atoms with van der Waals surface area (Å²) in [5, 5.41) is 8.26. The van der Waals surface area contributed by atoms with Gasteiger partial charge in [-0.05, 0) is 50.7 Å². The van der Waals surface area contributed by atoms with Crippen LogP contribution in [0.15, 0.2) is 29.1 Å². The van der Waals surface area contributed by atoms with Crippen LogP contribution in [0.1, 0.15) is 51.1 Å². The molecule has 0 radical (unpaired) electrons. The van der Waals surface area contributed by atoms with Crippen molar-refractivity contribution in [1.82, 2.24) is 20.1 Å². The molecule has 1 aromatic heterocycles. The number of ether oxygens (including phenoxy) is 2. The molecule has 2 heterocycles. The van der Waals surface area contributed by atoms with Gasteiger partial charge in [0.2, 0.25) is 5.91 Å². The van der Waals surface area contributed by atoms with Crippen molar-refractivity contribution in [3.8, 4) is 17.1 Å². The predicted octanol–water partition coefficient (Wildman–Crippen LogP) is 2.75. The maximum atomic E-state index is 12.6. The van der Waals surface area contributed by atoms with Gasteiger partial charge in [-0.1, -0.05) is 18.6 Å². The summed E-state index contributed by atoms with van der Waals surface area (Å²) in [6.45, 7) is 3.90. The number of piperidine rings is 1. The summed E-state index contributed by atoms with van der Waals surface area (Å²) in [5.74, 6) is 1.36. The van der Waals surface area contributed by atoms with Gasteiger partial charge >= 0.3 is 5.97 Å². The van der Waals surface area contributed by atoms with Crippen LogP contribution in [-0.2, 0) is 20.7 Å². The highest BCUT2D eigenvalue weighted by molar-refractivity contribution is 5.77. The van der Waals surface area contributed by atoms with Gasteiger partial charge in [0.25, 0.3) is 5.56 Å². The lowest BCUT2D eigenvalue weighted by Crippen LogP contribution is -2.40. The van der Waals surface area contributed by atoms with Crippen LogP contribution >= 0.6 is 0 Å². The van der Waals surface area contributed by atoms with Gasteiger partial charge in [0.1, 0.15) is 11.4 Å². The smallest absolute Gasteiger partial charge is 0.309 e. The minimum absolute atomic E-state index is 0.0519. The predicted molar refractivity (Wildman–Crippen MR) is 125 cm³/mol. The SMILES string of the molecule is CCOC(=O)C1CCN(C(=O)CCc2nnc(-c3cccc(OCC4CCC4)c3)[nH]c2=O)CC1. The van der Waals surface area contributed by atoms with Crippen molar-refractivity contribution >= 4 is 11.9 Å². The monoisotopic (exact) mass is 468 g/mol. The zero-order valence-corrected chi connectivity index (χ0v) is 19.6. The quantitative estimate of drug-likeness (QED) is 0.563. The first-order chi connectivity index (χ1) is 16.5. The van der Waals surface area contributed by atoms with Gasteiger partial charge in [-0.3, -0.25) is 14.4 Å². The highest BCUT2D eigenvalue weighted by Gasteiger charge is 2.28. The molecule has 1 aliphatic carbocycles. The molecule has 1 N–H and O–H groups in total. The number of hydrogen-bond donors (Lipinski definition) is 1. The summed E-state index contributed by atoms with van der Waals surface area (Å²) >= 11 is 0. The number of rotatable bonds is 9. The van der Waals surface area contributed by atoms with Crippen LogP contribution in [0.5, 0.6) is 5.75 Å². The number of carbonyl (C=O) groups is 2. The summed E-state index contributed by atoms with van der Waals surface area (Å²) < 4.78 is 10.9. The van der Waals surface area contributed by atoms with Crippen molar-refractivity contribution in [2.45, 2.75) is 51.9 Å². The standard InChI is InChI=1S/C25H32N4O5/c1-2-33-25(32)18-11-13-29(14-12-18)22(30)10-9-21-24(31)26-23(28-27-21)19-7-4-8-20(15-19)34-16-17-5-3-6-17/h4,7-8,15,17-18H,2-3,5-6,9-14,16H2,1H3,(H,26,28,31). The van der Waals surface area contributed by atoms with E-state index in [1.165, 1.54) is 19.3 Å². The van der Waals surface area contributed by atoms with E-state index in [9.17, 15) is 14.4 Å². The Balaban J connectivity index is 1.29. The Morgan fingerprint density at radius 2 is 1.94 bits per heavy atom. The lowest BCUT2D eigenvalue weighted by molar-refractivity contribution is -0.151. The Bertz CT molecular complexity index is 1060. The Labute approximate surface area is 198 Å². The van der Waals surface area contributed by atoms with Gasteiger partial charge in [0.15, 0.2) is 5.82 Å². The number of nitrogens with zero attached hydrogens (tertiary/aromatic N) is 3. The molecule has 2 fully saturated rings. The second-order valence-electron chi connectivity index (χ2n) is 8.99. The molecular weight excluding hydrogens is 436 g/mol. The van der Waals surface area contributed by atoms with Crippen LogP contribution < -0.4 is 10.3 Å². The van der Waals surface area contributed by atoms with E-state index < -0.39 is 0 Å². The number of aryl methyl sites for hydroxylation is 1. The zero-order chi connectivity index (χ0) is 23.9. The Kier molecular flexibility index (Phi) is 7.92. The second kappa shape index (κ2) is 11.3. The molecule has 1 saturated carbocycles. The van der Waals surface area contributed by atoms with Crippen LogP contribution in [-0.4, -0.2) is 58.3 Å². The molecule has 9 nitrogen and oxygen atoms in total. The van der Waals surface area contributed by atoms with Crippen molar-refractivity contribution < 1.29 is 19.1 Å². The molecular formula is C25H32N4O5. The third-order valence-electron chi connectivity index (χ3n) is 6.63. The Hall–Kier alpha value is -3.23. The molecule has 34 heavy (non-hydrogen) atoms. The summed E-state index contributed by atoms with van der Waals surface area (Å²) in [5.41, 5.74) is 0.610. The molecule has 1 saturated heterocycles. The number of hydrogen-bond acceptors (Lipinski definition) is 7. The molecule has 1 amide bonds. The fraction of sp³-hybridized carbons (Fsp3) is 0.560. The number of esters is 1. The minimum atomic E-state index is -0.348. The summed E-state index contributed by atoms with van der Waals surface area (Å²) in [7, 11) is 0. The van der Waals surface area contributed by atoms with Gasteiger partial charge in [-0.2, -0.15) is 0 Å². The number of likely N-dealkylation sites (tertiary alicyclic amines) is 1. The van der Waals surface area contributed by atoms with E-state index in [-0.39, 0.29) is 41.9 Å². The minimum Gasteiger partial charge on any atom is -0.493 e.